The van der Waals surface area contributed by atoms with Crippen molar-refractivity contribution in [1.82, 2.24) is 0 Å². The second-order valence-corrected chi connectivity index (χ2v) is 5.08. The molecule has 0 bridgehead atoms. The fraction of sp³-hybridized carbons (Fsp3) is 0.0667. The highest BCUT2D eigenvalue weighted by atomic mass is 79.9. The molecular weight excluding hydrogens is 304 g/mol. The summed E-state index contributed by atoms with van der Waals surface area (Å²) in [5.41, 5.74) is 3.54. The zero-order chi connectivity index (χ0) is 13.2. The van der Waals surface area contributed by atoms with Crippen LogP contribution in [0.2, 0.25) is 0 Å². The topological polar surface area (TPSA) is 41.5 Å². The van der Waals surface area contributed by atoms with Crippen LogP contribution in [0.5, 0.6) is 0 Å². The number of hydrogen-bond acceptors (Lipinski definition) is 2. The molecule has 0 aromatic heterocycles. The van der Waals surface area contributed by atoms with E-state index >= 15 is 0 Å². The third-order valence-corrected chi connectivity index (χ3v) is 3.57. The van der Waals surface area contributed by atoms with Crippen molar-refractivity contribution in [1.29, 1.82) is 0 Å². The number of halogens is 1. The first kappa shape index (κ1) is 12.1. The molecule has 1 aliphatic rings. The van der Waals surface area contributed by atoms with E-state index in [1.807, 2.05) is 54.6 Å². The number of nitrogens with zero attached hydrogens (tertiary/aromatic N) is 1. The molecule has 1 aliphatic heterocycles. The SMILES string of the molecule is O=C1Nc2ccccc2C(c2ccccc2)=NC1Br. The Bertz CT molecular complexity index is 652. The smallest absolute Gasteiger partial charge is 0.260 e. The van der Waals surface area contributed by atoms with Gasteiger partial charge in [-0.3, -0.25) is 9.79 Å². The Labute approximate surface area is 119 Å². The predicted molar refractivity (Wildman–Crippen MR) is 79.9 cm³/mol. The van der Waals surface area contributed by atoms with E-state index in [-0.39, 0.29) is 5.91 Å². The number of carbonyl (C=O) groups is 1. The van der Waals surface area contributed by atoms with Crippen LogP contribution < -0.4 is 5.32 Å². The van der Waals surface area contributed by atoms with Crippen LogP contribution in [0.25, 0.3) is 0 Å². The van der Waals surface area contributed by atoms with Crippen LogP contribution in [0.3, 0.4) is 0 Å². The Kier molecular flexibility index (Phi) is 3.17. The van der Waals surface area contributed by atoms with Crippen molar-refractivity contribution in [2.75, 3.05) is 5.32 Å². The molecule has 0 fully saturated rings. The van der Waals surface area contributed by atoms with Crippen LogP contribution in [0.15, 0.2) is 59.6 Å². The van der Waals surface area contributed by atoms with Gasteiger partial charge in [-0.15, -0.1) is 0 Å². The lowest BCUT2D eigenvalue weighted by atomic mass is 10.0. The van der Waals surface area contributed by atoms with Crippen molar-refractivity contribution in [2.24, 2.45) is 4.99 Å². The summed E-state index contributed by atoms with van der Waals surface area (Å²) in [4.78, 5) is 15.8. The number of rotatable bonds is 1. The number of carbonyl (C=O) groups excluding carboxylic acids is 1. The number of fused-ring (bicyclic) bond motifs is 1. The highest BCUT2D eigenvalue weighted by Gasteiger charge is 2.23. The minimum Gasteiger partial charge on any atom is -0.323 e. The summed E-state index contributed by atoms with van der Waals surface area (Å²) in [5.74, 6) is -0.154. The van der Waals surface area contributed by atoms with Gasteiger partial charge in [0.2, 0.25) is 0 Å². The minimum atomic E-state index is -0.574. The molecule has 3 nitrogen and oxygen atoms in total. The van der Waals surface area contributed by atoms with Crippen molar-refractivity contribution in [2.45, 2.75) is 4.95 Å². The van der Waals surface area contributed by atoms with E-state index in [1.54, 1.807) is 0 Å². The van der Waals surface area contributed by atoms with Crippen LogP contribution in [-0.4, -0.2) is 16.6 Å². The molecule has 1 atom stereocenters. The Hall–Kier alpha value is -1.94. The molecule has 4 heteroatoms. The summed E-state index contributed by atoms with van der Waals surface area (Å²) < 4.78 is 0. The van der Waals surface area contributed by atoms with Gasteiger partial charge in [0.05, 0.1) is 11.4 Å². The first-order valence-electron chi connectivity index (χ1n) is 5.93. The largest absolute Gasteiger partial charge is 0.323 e. The predicted octanol–water partition coefficient (Wildman–Crippen LogP) is 3.20. The van der Waals surface area contributed by atoms with Gasteiger partial charge in [-0.2, -0.15) is 0 Å². The number of alkyl halides is 1. The van der Waals surface area contributed by atoms with Gasteiger partial charge < -0.3 is 5.32 Å². The maximum Gasteiger partial charge on any atom is 0.260 e. The Morgan fingerprint density at radius 3 is 2.47 bits per heavy atom. The summed E-state index contributed by atoms with van der Waals surface area (Å²) in [7, 11) is 0. The molecule has 1 heterocycles. The molecule has 0 spiro atoms. The molecule has 1 unspecified atom stereocenters. The van der Waals surface area contributed by atoms with Crippen molar-refractivity contribution in [3.8, 4) is 0 Å². The van der Waals surface area contributed by atoms with Gasteiger partial charge in [-0.1, -0.05) is 64.5 Å². The van der Waals surface area contributed by atoms with E-state index in [1.165, 1.54) is 0 Å². The fourth-order valence-corrected chi connectivity index (χ4v) is 2.38. The lowest BCUT2D eigenvalue weighted by molar-refractivity contribution is -0.115. The van der Waals surface area contributed by atoms with Crippen LogP contribution in [-0.2, 0) is 4.79 Å². The van der Waals surface area contributed by atoms with E-state index < -0.39 is 4.95 Å². The number of nitrogens with one attached hydrogen (secondary N) is 1. The van der Waals surface area contributed by atoms with E-state index in [0.717, 1.165) is 22.5 Å². The van der Waals surface area contributed by atoms with Crippen LogP contribution in [0, 0.1) is 0 Å². The Morgan fingerprint density at radius 2 is 1.68 bits per heavy atom. The van der Waals surface area contributed by atoms with E-state index in [4.69, 9.17) is 0 Å². The van der Waals surface area contributed by atoms with Gasteiger partial charge in [0.25, 0.3) is 5.91 Å². The first-order chi connectivity index (χ1) is 9.25. The maximum atomic E-state index is 11.9. The molecule has 0 saturated heterocycles. The second-order valence-electron chi connectivity index (χ2n) is 4.21. The van der Waals surface area contributed by atoms with E-state index in [2.05, 4.69) is 26.2 Å². The second kappa shape index (κ2) is 4.97. The molecule has 19 heavy (non-hydrogen) atoms. The maximum absolute atomic E-state index is 11.9. The molecule has 3 rings (SSSR count). The number of anilines is 1. The van der Waals surface area contributed by atoms with Gasteiger partial charge in [-0.25, -0.2) is 0 Å². The fourth-order valence-electron chi connectivity index (χ4n) is 2.06. The zero-order valence-corrected chi connectivity index (χ0v) is 11.6. The quantitative estimate of drug-likeness (QED) is 0.637. The highest BCUT2D eigenvalue weighted by molar-refractivity contribution is 9.10. The van der Waals surface area contributed by atoms with Crippen molar-refractivity contribution in [3.05, 3.63) is 65.7 Å². The van der Waals surface area contributed by atoms with Crippen molar-refractivity contribution >= 4 is 33.2 Å². The van der Waals surface area contributed by atoms with Crippen LogP contribution in [0.1, 0.15) is 11.1 Å². The Balaban J connectivity index is 2.21. The van der Waals surface area contributed by atoms with Crippen LogP contribution >= 0.6 is 15.9 Å². The third-order valence-electron chi connectivity index (χ3n) is 2.95. The van der Waals surface area contributed by atoms with Crippen molar-refractivity contribution in [3.63, 3.8) is 0 Å². The number of aliphatic imine (C=N–C) groups is 1. The van der Waals surface area contributed by atoms with E-state index in [0.29, 0.717) is 0 Å². The van der Waals surface area contributed by atoms with E-state index in [9.17, 15) is 4.79 Å². The highest BCUT2D eigenvalue weighted by Crippen LogP contribution is 2.25. The molecule has 2 aromatic carbocycles. The molecule has 1 N–H and O–H groups in total. The average Bonchev–Trinajstić information content (AvgIpc) is 2.58. The summed E-state index contributed by atoms with van der Waals surface area (Å²) in [6, 6.07) is 17.6. The third kappa shape index (κ3) is 2.31. The average molecular weight is 315 g/mol. The standard InChI is InChI=1S/C15H11BrN2O/c16-14-15(19)17-12-9-5-4-8-11(12)13(18-14)10-6-2-1-3-7-10/h1-9,14H,(H,17,19). The van der Waals surface area contributed by atoms with Gasteiger partial charge in [0.15, 0.2) is 4.95 Å². The normalized spacial score (nSPS) is 18.1. The molecule has 94 valence electrons. The van der Waals surface area contributed by atoms with Gasteiger partial charge >= 0.3 is 0 Å². The molecule has 1 amide bonds. The van der Waals surface area contributed by atoms with Gasteiger partial charge in [0.1, 0.15) is 0 Å². The zero-order valence-electron chi connectivity index (χ0n) is 10.0. The number of hydrogen-bond donors (Lipinski definition) is 1. The lowest BCUT2D eigenvalue weighted by Gasteiger charge is -2.09. The molecule has 0 radical (unpaired) electrons. The number of benzodiazepines with no additional fused rings is 1. The summed E-state index contributed by atoms with van der Waals surface area (Å²) in [6.07, 6.45) is 0. The number of benzene rings is 2. The van der Waals surface area contributed by atoms with Crippen LogP contribution in [0.4, 0.5) is 5.69 Å². The summed E-state index contributed by atoms with van der Waals surface area (Å²) in [5, 5.41) is 2.87. The molecular formula is C15H11BrN2O. The molecule has 2 aromatic rings. The number of amides is 1. The monoisotopic (exact) mass is 314 g/mol. The van der Waals surface area contributed by atoms with Gasteiger partial charge in [0, 0.05) is 11.1 Å². The molecule has 0 saturated carbocycles. The number of para-hydroxylation sites is 1. The van der Waals surface area contributed by atoms with Gasteiger partial charge in [-0.05, 0) is 6.07 Å². The summed E-state index contributed by atoms with van der Waals surface area (Å²) in [6.45, 7) is 0. The van der Waals surface area contributed by atoms with Crippen molar-refractivity contribution < 1.29 is 4.79 Å². The summed E-state index contributed by atoms with van der Waals surface area (Å²) >= 11 is 3.30. The first-order valence-corrected chi connectivity index (χ1v) is 6.85. The Morgan fingerprint density at radius 1 is 1.00 bits per heavy atom. The minimum absolute atomic E-state index is 0.154. The molecule has 0 aliphatic carbocycles. The lowest BCUT2D eigenvalue weighted by Crippen LogP contribution is -2.19.